The second-order valence-electron chi connectivity index (χ2n) is 3.34. The summed E-state index contributed by atoms with van der Waals surface area (Å²) in [4.78, 5) is 4.13. The van der Waals surface area contributed by atoms with Crippen molar-refractivity contribution in [1.29, 1.82) is 5.26 Å². The highest BCUT2D eigenvalue weighted by molar-refractivity contribution is 5.66. The molecule has 0 amide bonds. The standard InChI is InChI=1S/C13H9FN2/c14-11-4-1-3-10(9-11)12-5-2-8-16-13(12)6-7-15/h1-5,8-9H,6H2. The molecular formula is C13H9FN2. The average Bonchev–Trinajstić information content (AvgIpc) is 2.30. The summed E-state index contributed by atoms with van der Waals surface area (Å²) in [5.74, 6) is -0.288. The number of nitrogens with zero attached hydrogens (tertiary/aromatic N) is 2. The third kappa shape index (κ3) is 2.06. The monoisotopic (exact) mass is 212 g/mol. The third-order valence-electron chi connectivity index (χ3n) is 2.27. The lowest BCUT2D eigenvalue weighted by atomic mass is 10.0. The van der Waals surface area contributed by atoms with Crippen LogP contribution in [0.5, 0.6) is 0 Å². The summed E-state index contributed by atoms with van der Waals surface area (Å²) in [6.45, 7) is 0. The van der Waals surface area contributed by atoms with Crippen LogP contribution >= 0.6 is 0 Å². The molecule has 2 aromatic rings. The van der Waals surface area contributed by atoms with Gasteiger partial charge in [0.05, 0.1) is 18.2 Å². The first-order valence-corrected chi connectivity index (χ1v) is 4.88. The molecule has 0 aliphatic rings. The number of nitriles is 1. The Morgan fingerprint density at radius 2 is 2.12 bits per heavy atom. The molecule has 2 nitrogen and oxygen atoms in total. The minimum atomic E-state index is -0.288. The Labute approximate surface area is 93.0 Å². The molecule has 0 atom stereocenters. The number of hydrogen-bond donors (Lipinski definition) is 0. The molecule has 16 heavy (non-hydrogen) atoms. The van der Waals surface area contributed by atoms with Crippen LogP contribution < -0.4 is 0 Å². The van der Waals surface area contributed by atoms with E-state index < -0.39 is 0 Å². The van der Waals surface area contributed by atoms with Crippen LogP contribution in [0.3, 0.4) is 0 Å². The van der Waals surface area contributed by atoms with Gasteiger partial charge in [0.1, 0.15) is 5.82 Å². The molecule has 1 aromatic carbocycles. The van der Waals surface area contributed by atoms with Crippen LogP contribution in [0.2, 0.25) is 0 Å². The summed E-state index contributed by atoms with van der Waals surface area (Å²) in [6.07, 6.45) is 1.86. The van der Waals surface area contributed by atoms with Gasteiger partial charge in [0, 0.05) is 11.8 Å². The lowest BCUT2D eigenvalue weighted by Gasteiger charge is -2.05. The number of benzene rings is 1. The fourth-order valence-corrected chi connectivity index (χ4v) is 1.57. The van der Waals surface area contributed by atoms with Gasteiger partial charge in [0.15, 0.2) is 0 Å². The van der Waals surface area contributed by atoms with Crippen molar-refractivity contribution in [3.63, 3.8) is 0 Å². The molecule has 0 aliphatic heterocycles. The Morgan fingerprint density at radius 3 is 2.88 bits per heavy atom. The molecule has 0 radical (unpaired) electrons. The number of halogens is 1. The van der Waals surface area contributed by atoms with Crippen LogP contribution in [0, 0.1) is 17.1 Å². The van der Waals surface area contributed by atoms with Crippen molar-refractivity contribution in [3.8, 4) is 17.2 Å². The predicted molar refractivity (Wildman–Crippen MR) is 58.9 cm³/mol. The van der Waals surface area contributed by atoms with Gasteiger partial charge < -0.3 is 0 Å². The van der Waals surface area contributed by atoms with E-state index in [1.54, 1.807) is 24.4 Å². The topological polar surface area (TPSA) is 36.7 Å². The SMILES string of the molecule is N#CCc1ncccc1-c1cccc(F)c1. The quantitative estimate of drug-likeness (QED) is 0.767. The molecule has 0 saturated heterocycles. The van der Waals surface area contributed by atoms with E-state index in [1.807, 2.05) is 6.07 Å². The Hall–Kier alpha value is -2.21. The van der Waals surface area contributed by atoms with Crippen molar-refractivity contribution in [2.75, 3.05) is 0 Å². The van der Waals surface area contributed by atoms with Crippen LogP contribution in [-0.2, 0) is 6.42 Å². The summed E-state index contributed by atoms with van der Waals surface area (Å²) in [5, 5.41) is 8.68. The van der Waals surface area contributed by atoms with Gasteiger partial charge in [-0.1, -0.05) is 18.2 Å². The highest BCUT2D eigenvalue weighted by Gasteiger charge is 2.05. The Balaban J connectivity index is 2.52. The second kappa shape index (κ2) is 4.54. The first-order chi connectivity index (χ1) is 7.81. The van der Waals surface area contributed by atoms with Gasteiger partial charge in [-0.3, -0.25) is 4.98 Å². The van der Waals surface area contributed by atoms with Crippen LogP contribution in [0.1, 0.15) is 5.69 Å². The third-order valence-corrected chi connectivity index (χ3v) is 2.27. The molecule has 0 fully saturated rings. The zero-order chi connectivity index (χ0) is 11.4. The van der Waals surface area contributed by atoms with Gasteiger partial charge in [-0.2, -0.15) is 5.26 Å². The largest absolute Gasteiger partial charge is 0.260 e. The molecule has 0 spiro atoms. The number of rotatable bonds is 2. The fourth-order valence-electron chi connectivity index (χ4n) is 1.57. The fraction of sp³-hybridized carbons (Fsp3) is 0.0769. The second-order valence-corrected chi connectivity index (χ2v) is 3.34. The smallest absolute Gasteiger partial charge is 0.123 e. The molecule has 0 saturated carbocycles. The van der Waals surface area contributed by atoms with Gasteiger partial charge in [-0.15, -0.1) is 0 Å². The molecule has 0 N–H and O–H groups in total. The van der Waals surface area contributed by atoms with Crippen LogP contribution in [0.25, 0.3) is 11.1 Å². The maximum absolute atomic E-state index is 13.1. The van der Waals surface area contributed by atoms with E-state index >= 15 is 0 Å². The maximum Gasteiger partial charge on any atom is 0.123 e. The number of aromatic nitrogens is 1. The zero-order valence-corrected chi connectivity index (χ0v) is 8.52. The summed E-state index contributed by atoms with van der Waals surface area (Å²) in [7, 11) is 0. The Morgan fingerprint density at radius 1 is 1.25 bits per heavy atom. The van der Waals surface area contributed by atoms with Crippen molar-refractivity contribution >= 4 is 0 Å². The highest BCUT2D eigenvalue weighted by atomic mass is 19.1. The minimum absolute atomic E-state index is 0.229. The van der Waals surface area contributed by atoms with Crippen LogP contribution in [0.4, 0.5) is 4.39 Å². The number of pyridine rings is 1. The normalized spacial score (nSPS) is 9.75. The lowest BCUT2D eigenvalue weighted by molar-refractivity contribution is 0.628. The number of hydrogen-bond acceptors (Lipinski definition) is 2. The first kappa shape index (κ1) is 10.3. The summed E-state index contributed by atoms with van der Waals surface area (Å²) < 4.78 is 13.1. The van der Waals surface area contributed by atoms with Crippen molar-refractivity contribution in [2.45, 2.75) is 6.42 Å². The van der Waals surface area contributed by atoms with Crippen LogP contribution in [-0.4, -0.2) is 4.98 Å². The highest BCUT2D eigenvalue weighted by Crippen LogP contribution is 2.22. The molecule has 0 bridgehead atoms. The molecule has 1 aromatic heterocycles. The summed E-state index contributed by atoms with van der Waals surface area (Å²) in [6, 6.07) is 12.0. The van der Waals surface area contributed by atoms with E-state index in [9.17, 15) is 4.39 Å². The average molecular weight is 212 g/mol. The van der Waals surface area contributed by atoms with E-state index in [1.165, 1.54) is 12.1 Å². The lowest BCUT2D eigenvalue weighted by Crippen LogP contribution is -1.92. The van der Waals surface area contributed by atoms with Crippen molar-refractivity contribution in [2.24, 2.45) is 0 Å². The zero-order valence-electron chi connectivity index (χ0n) is 8.52. The molecule has 3 heteroatoms. The van der Waals surface area contributed by atoms with Crippen molar-refractivity contribution < 1.29 is 4.39 Å². The molecule has 0 unspecified atom stereocenters. The summed E-state index contributed by atoms with van der Waals surface area (Å²) >= 11 is 0. The van der Waals surface area contributed by atoms with Gasteiger partial charge >= 0.3 is 0 Å². The van der Waals surface area contributed by atoms with Gasteiger partial charge in [0.25, 0.3) is 0 Å². The minimum Gasteiger partial charge on any atom is -0.260 e. The Bertz CT molecular complexity index is 544. The Kier molecular flexibility index (Phi) is 2.93. The summed E-state index contributed by atoms with van der Waals surface area (Å²) in [5.41, 5.74) is 2.23. The van der Waals surface area contributed by atoms with Crippen LogP contribution in [0.15, 0.2) is 42.6 Å². The maximum atomic E-state index is 13.1. The molecule has 1 heterocycles. The van der Waals surface area contributed by atoms with E-state index in [-0.39, 0.29) is 12.2 Å². The molecule has 78 valence electrons. The van der Waals surface area contributed by atoms with Gasteiger partial charge in [0.2, 0.25) is 0 Å². The van der Waals surface area contributed by atoms with Crippen molar-refractivity contribution in [1.82, 2.24) is 4.98 Å². The first-order valence-electron chi connectivity index (χ1n) is 4.88. The van der Waals surface area contributed by atoms with Gasteiger partial charge in [-0.25, -0.2) is 4.39 Å². The van der Waals surface area contributed by atoms with Gasteiger partial charge in [-0.05, 0) is 23.8 Å². The van der Waals surface area contributed by atoms with E-state index in [0.29, 0.717) is 5.69 Å². The predicted octanol–water partition coefficient (Wildman–Crippen LogP) is 2.95. The van der Waals surface area contributed by atoms with E-state index in [0.717, 1.165) is 11.1 Å². The molecule has 0 aliphatic carbocycles. The molecule has 2 rings (SSSR count). The van der Waals surface area contributed by atoms with E-state index in [4.69, 9.17) is 5.26 Å². The van der Waals surface area contributed by atoms with E-state index in [2.05, 4.69) is 11.1 Å². The molecular weight excluding hydrogens is 203 g/mol. The van der Waals surface area contributed by atoms with Crippen molar-refractivity contribution in [3.05, 3.63) is 54.1 Å².